The van der Waals surface area contributed by atoms with Crippen LogP contribution in [0.1, 0.15) is 43.2 Å². The number of benzene rings is 1. The number of ether oxygens (including phenoxy) is 1. The summed E-state index contributed by atoms with van der Waals surface area (Å²) in [5.74, 6) is 2.10. The number of carbonyl (C=O) groups is 1. The second kappa shape index (κ2) is 5.47. The standard InChI is InChI=1S/C21H28N2O2/c1-25-17-5-4-16-11-20-7-6-19(24)22-13-21(20,18(16)10-17)8-9-23(14-20)12-15-2-3-15/h4-5,10,15H,2-3,6-9,11-14H2,1H3,(H,22,24). The topological polar surface area (TPSA) is 41.6 Å². The number of amides is 1. The van der Waals surface area contributed by atoms with Gasteiger partial charge in [0.05, 0.1) is 7.11 Å². The minimum absolute atomic E-state index is 0.0864. The van der Waals surface area contributed by atoms with Gasteiger partial charge in [-0.3, -0.25) is 4.79 Å². The van der Waals surface area contributed by atoms with Gasteiger partial charge in [0.25, 0.3) is 0 Å². The zero-order valence-corrected chi connectivity index (χ0v) is 15.1. The Balaban J connectivity index is 1.57. The molecule has 134 valence electrons. The molecule has 1 saturated carbocycles. The molecule has 4 heteroatoms. The third-order valence-corrected chi connectivity index (χ3v) is 7.39. The van der Waals surface area contributed by atoms with E-state index in [1.54, 1.807) is 7.11 Å². The van der Waals surface area contributed by atoms with E-state index in [-0.39, 0.29) is 16.7 Å². The van der Waals surface area contributed by atoms with E-state index in [1.165, 1.54) is 30.5 Å². The van der Waals surface area contributed by atoms with Crippen molar-refractivity contribution in [3.05, 3.63) is 29.3 Å². The Bertz CT molecular complexity index is 714. The second-order valence-electron chi connectivity index (χ2n) is 8.77. The lowest BCUT2D eigenvalue weighted by Crippen LogP contribution is -2.59. The zero-order valence-electron chi connectivity index (χ0n) is 15.1. The maximum Gasteiger partial charge on any atom is 0.220 e. The molecule has 25 heavy (non-hydrogen) atoms. The smallest absolute Gasteiger partial charge is 0.220 e. The molecule has 3 fully saturated rings. The van der Waals surface area contributed by atoms with Crippen molar-refractivity contribution in [1.82, 2.24) is 10.2 Å². The molecule has 2 aliphatic heterocycles. The van der Waals surface area contributed by atoms with Gasteiger partial charge in [0.2, 0.25) is 5.91 Å². The van der Waals surface area contributed by atoms with Crippen LogP contribution in [0.4, 0.5) is 0 Å². The van der Waals surface area contributed by atoms with Crippen molar-refractivity contribution in [2.24, 2.45) is 11.3 Å². The van der Waals surface area contributed by atoms with Gasteiger partial charge in [0, 0.05) is 31.5 Å². The van der Waals surface area contributed by atoms with Crippen molar-refractivity contribution in [2.75, 3.05) is 33.3 Å². The van der Waals surface area contributed by atoms with Crippen LogP contribution in [0.15, 0.2) is 18.2 Å². The summed E-state index contributed by atoms with van der Waals surface area (Å²) >= 11 is 0. The van der Waals surface area contributed by atoms with Gasteiger partial charge in [-0.15, -0.1) is 0 Å². The maximum atomic E-state index is 12.2. The number of rotatable bonds is 3. The highest BCUT2D eigenvalue weighted by atomic mass is 16.5. The predicted octanol–water partition coefficient (Wildman–Crippen LogP) is 2.50. The van der Waals surface area contributed by atoms with Crippen LogP contribution < -0.4 is 10.1 Å². The number of nitrogens with one attached hydrogen (secondary N) is 1. The number of likely N-dealkylation sites (tertiary alicyclic amines) is 1. The third-order valence-electron chi connectivity index (χ3n) is 7.39. The molecular weight excluding hydrogens is 312 g/mol. The Morgan fingerprint density at radius 3 is 3.00 bits per heavy atom. The summed E-state index contributed by atoms with van der Waals surface area (Å²) < 4.78 is 5.53. The normalized spacial score (nSPS) is 34.5. The summed E-state index contributed by atoms with van der Waals surface area (Å²) in [7, 11) is 1.74. The van der Waals surface area contributed by atoms with Crippen molar-refractivity contribution < 1.29 is 9.53 Å². The Morgan fingerprint density at radius 2 is 2.20 bits per heavy atom. The van der Waals surface area contributed by atoms with E-state index in [0.717, 1.165) is 50.6 Å². The molecule has 2 aliphatic carbocycles. The lowest BCUT2D eigenvalue weighted by Gasteiger charge is -2.53. The Labute approximate surface area is 149 Å². The van der Waals surface area contributed by atoms with Crippen LogP contribution in [-0.2, 0) is 16.6 Å². The van der Waals surface area contributed by atoms with E-state index >= 15 is 0 Å². The van der Waals surface area contributed by atoms with Gasteiger partial charge in [-0.05, 0) is 73.2 Å². The van der Waals surface area contributed by atoms with Crippen LogP contribution in [0.25, 0.3) is 0 Å². The molecule has 0 aromatic heterocycles. The Kier molecular flexibility index (Phi) is 3.43. The molecule has 1 aromatic rings. The third kappa shape index (κ3) is 2.33. The highest BCUT2D eigenvalue weighted by molar-refractivity contribution is 5.77. The van der Waals surface area contributed by atoms with Gasteiger partial charge in [0.1, 0.15) is 5.75 Å². The molecule has 2 unspecified atom stereocenters. The second-order valence-corrected chi connectivity index (χ2v) is 8.77. The van der Waals surface area contributed by atoms with Crippen LogP contribution in [-0.4, -0.2) is 44.1 Å². The van der Waals surface area contributed by atoms with Gasteiger partial charge >= 0.3 is 0 Å². The molecule has 4 aliphatic rings. The van der Waals surface area contributed by atoms with Crippen LogP contribution in [0.2, 0.25) is 0 Å². The van der Waals surface area contributed by atoms with Gasteiger partial charge in [-0.25, -0.2) is 0 Å². The number of hydrogen-bond acceptors (Lipinski definition) is 3. The van der Waals surface area contributed by atoms with Crippen LogP contribution >= 0.6 is 0 Å². The summed E-state index contributed by atoms with van der Waals surface area (Å²) in [5.41, 5.74) is 3.21. The van der Waals surface area contributed by atoms with Crippen molar-refractivity contribution in [3.8, 4) is 5.75 Å². The van der Waals surface area contributed by atoms with Crippen molar-refractivity contribution in [2.45, 2.75) is 43.9 Å². The summed E-state index contributed by atoms with van der Waals surface area (Å²) in [6, 6.07) is 6.62. The highest BCUT2D eigenvalue weighted by Gasteiger charge is 2.60. The van der Waals surface area contributed by atoms with E-state index in [2.05, 4.69) is 28.4 Å². The molecule has 2 heterocycles. The molecule has 1 N–H and O–H groups in total. The molecule has 2 atom stereocenters. The van der Waals surface area contributed by atoms with E-state index in [0.29, 0.717) is 6.42 Å². The zero-order chi connectivity index (χ0) is 17.1. The average molecular weight is 340 g/mol. The molecule has 4 nitrogen and oxygen atoms in total. The average Bonchev–Trinajstić information content (AvgIpc) is 3.40. The predicted molar refractivity (Wildman–Crippen MR) is 96.8 cm³/mol. The van der Waals surface area contributed by atoms with Crippen LogP contribution in [0.5, 0.6) is 5.75 Å². The minimum Gasteiger partial charge on any atom is -0.497 e. The monoisotopic (exact) mass is 340 g/mol. The molecule has 1 aromatic carbocycles. The molecule has 0 bridgehead atoms. The van der Waals surface area contributed by atoms with Gasteiger partial charge < -0.3 is 15.0 Å². The number of carbonyl (C=O) groups excluding carboxylic acids is 1. The lowest BCUT2D eigenvalue weighted by atomic mass is 9.58. The fraction of sp³-hybridized carbons (Fsp3) is 0.667. The summed E-state index contributed by atoms with van der Waals surface area (Å²) in [5, 5.41) is 3.25. The number of fused-ring (bicyclic) bond motifs is 1. The fourth-order valence-electron chi connectivity index (χ4n) is 5.85. The lowest BCUT2D eigenvalue weighted by molar-refractivity contribution is -0.120. The van der Waals surface area contributed by atoms with Gasteiger partial charge in [-0.1, -0.05) is 6.07 Å². The quantitative estimate of drug-likeness (QED) is 0.919. The first-order valence-corrected chi connectivity index (χ1v) is 9.81. The first-order chi connectivity index (χ1) is 12.1. The minimum atomic E-state index is 0.0864. The van der Waals surface area contributed by atoms with Gasteiger partial charge in [-0.2, -0.15) is 0 Å². The number of hydrogen-bond donors (Lipinski definition) is 1. The van der Waals surface area contributed by atoms with E-state index in [1.807, 2.05) is 0 Å². The van der Waals surface area contributed by atoms with Gasteiger partial charge in [0.15, 0.2) is 0 Å². The fourth-order valence-corrected chi connectivity index (χ4v) is 5.85. The maximum absolute atomic E-state index is 12.2. The molecule has 1 amide bonds. The first kappa shape index (κ1) is 15.7. The van der Waals surface area contributed by atoms with E-state index < -0.39 is 0 Å². The van der Waals surface area contributed by atoms with Crippen LogP contribution in [0, 0.1) is 11.3 Å². The molecule has 5 rings (SSSR count). The number of nitrogens with zero attached hydrogens (tertiary/aromatic N) is 1. The highest BCUT2D eigenvalue weighted by Crippen LogP contribution is 2.59. The molecule has 0 spiro atoms. The number of piperidine rings is 1. The Hall–Kier alpha value is -1.55. The molecule has 2 saturated heterocycles. The summed E-state index contributed by atoms with van der Waals surface area (Å²) in [4.78, 5) is 14.9. The van der Waals surface area contributed by atoms with Crippen LogP contribution in [0.3, 0.4) is 0 Å². The van der Waals surface area contributed by atoms with E-state index in [4.69, 9.17) is 4.74 Å². The molecule has 0 radical (unpaired) electrons. The number of methoxy groups -OCH3 is 1. The molecular formula is C21H28N2O2. The van der Waals surface area contributed by atoms with Crippen molar-refractivity contribution >= 4 is 5.91 Å². The van der Waals surface area contributed by atoms with Crippen molar-refractivity contribution in [1.29, 1.82) is 0 Å². The first-order valence-electron chi connectivity index (χ1n) is 9.81. The van der Waals surface area contributed by atoms with Crippen molar-refractivity contribution in [3.63, 3.8) is 0 Å². The SMILES string of the molecule is COc1ccc2c(c1)C13CCN(CC4CC4)CC1(CCC(=O)NC3)C2. The van der Waals surface area contributed by atoms with E-state index in [9.17, 15) is 4.79 Å². The summed E-state index contributed by atoms with van der Waals surface area (Å²) in [6.07, 6.45) is 6.77. The summed E-state index contributed by atoms with van der Waals surface area (Å²) in [6.45, 7) is 4.36. The largest absolute Gasteiger partial charge is 0.497 e. The Morgan fingerprint density at radius 1 is 1.32 bits per heavy atom.